The fraction of sp³-hybridized carbons (Fsp3) is 0.611. The molecule has 0 spiro atoms. The van der Waals surface area contributed by atoms with Gasteiger partial charge in [0, 0.05) is 36.8 Å². The molecular weight excluding hydrogens is 318 g/mol. The third-order valence-electron chi connectivity index (χ3n) is 5.11. The molecule has 1 saturated heterocycles. The van der Waals surface area contributed by atoms with Gasteiger partial charge in [-0.1, -0.05) is 18.9 Å². The normalized spacial score (nSPS) is 26.5. The van der Waals surface area contributed by atoms with Crippen molar-refractivity contribution in [2.75, 3.05) is 6.54 Å². The van der Waals surface area contributed by atoms with Crippen molar-refractivity contribution >= 4 is 11.8 Å². The lowest BCUT2D eigenvalue weighted by molar-refractivity contribution is -0.130. The third kappa shape index (κ3) is 4.55. The molecule has 25 heavy (non-hydrogen) atoms. The molecule has 7 nitrogen and oxygen atoms in total. The maximum Gasteiger partial charge on any atom is 0.242 e. The van der Waals surface area contributed by atoms with Gasteiger partial charge < -0.3 is 10.6 Å². The Bertz CT molecular complexity index is 594. The lowest BCUT2D eigenvalue weighted by atomic mass is 9.81. The minimum atomic E-state index is -0.555. The number of hydrogen-bond acceptors (Lipinski definition) is 5. The number of aromatic nitrogens is 1. The molecule has 2 fully saturated rings. The van der Waals surface area contributed by atoms with Crippen molar-refractivity contribution in [3.05, 3.63) is 30.1 Å². The van der Waals surface area contributed by atoms with Crippen molar-refractivity contribution in [2.24, 2.45) is 5.92 Å². The van der Waals surface area contributed by atoms with Crippen LogP contribution in [0.3, 0.4) is 0 Å². The van der Waals surface area contributed by atoms with E-state index in [1.165, 1.54) is 6.42 Å². The molecule has 3 rings (SSSR count). The van der Waals surface area contributed by atoms with E-state index in [0.717, 1.165) is 25.0 Å². The Labute approximate surface area is 148 Å². The molecule has 1 aromatic rings. The first kappa shape index (κ1) is 17.8. The standard InChI is InChI=1S/C18H27N5O2/c1-12(17(24)20-11-9-13-6-4-5-10-19-13)21-18(25)16-14-7-2-3-8-15(14)22-23-16/h4-6,10,12,14-16,22-23H,2-3,7-9,11H2,1H3,(H,20,24)(H,21,25). The summed E-state index contributed by atoms with van der Waals surface area (Å²) in [4.78, 5) is 28.9. The predicted octanol–water partition coefficient (Wildman–Crippen LogP) is 0.280. The third-order valence-corrected chi connectivity index (χ3v) is 5.11. The van der Waals surface area contributed by atoms with Gasteiger partial charge in [0.2, 0.25) is 11.8 Å². The summed E-state index contributed by atoms with van der Waals surface area (Å²) in [6.45, 7) is 2.22. The van der Waals surface area contributed by atoms with Gasteiger partial charge in [-0.2, -0.15) is 0 Å². The van der Waals surface area contributed by atoms with Crippen LogP contribution in [-0.4, -0.2) is 41.5 Å². The molecule has 1 aliphatic carbocycles. The summed E-state index contributed by atoms with van der Waals surface area (Å²) in [6.07, 6.45) is 6.93. The lowest BCUT2D eigenvalue weighted by Gasteiger charge is -2.27. The van der Waals surface area contributed by atoms with E-state index < -0.39 is 6.04 Å². The van der Waals surface area contributed by atoms with Gasteiger partial charge in [-0.3, -0.25) is 20.0 Å². The average molecular weight is 345 g/mol. The number of hydrazine groups is 1. The predicted molar refractivity (Wildman–Crippen MR) is 94.4 cm³/mol. The second-order valence-electron chi connectivity index (χ2n) is 6.91. The molecule has 0 bridgehead atoms. The van der Waals surface area contributed by atoms with Crippen LogP contribution in [0.2, 0.25) is 0 Å². The highest BCUT2D eigenvalue weighted by Crippen LogP contribution is 2.30. The molecule has 2 heterocycles. The Hall–Kier alpha value is -1.99. The second kappa shape index (κ2) is 8.40. The number of carbonyl (C=O) groups is 2. The van der Waals surface area contributed by atoms with Crippen LogP contribution < -0.4 is 21.5 Å². The van der Waals surface area contributed by atoms with Crippen LogP contribution in [0.5, 0.6) is 0 Å². The van der Waals surface area contributed by atoms with Gasteiger partial charge in [-0.15, -0.1) is 0 Å². The van der Waals surface area contributed by atoms with Gasteiger partial charge in [0.05, 0.1) is 0 Å². The van der Waals surface area contributed by atoms with Gasteiger partial charge in [0.1, 0.15) is 12.1 Å². The molecule has 136 valence electrons. The fourth-order valence-electron chi connectivity index (χ4n) is 3.68. The number of hydrogen-bond donors (Lipinski definition) is 4. The molecule has 4 atom stereocenters. The van der Waals surface area contributed by atoms with Crippen LogP contribution in [0.25, 0.3) is 0 Å². The summed E-state index contributed by atoms with van der Waals surface area (Å²) in [7, 11) is 0. The largest absolute Gasteiger partial charge is 0.354 e. The number of pyridine rings is 1. The molecule has 0 aromatic carbocycles. The Balaban J connectivity index is 1.42. The Kier molecular flexibility index (Phi) is 5.99. The lowest BCUT2D eigenvalue weighted by Crippen LogP contribution is -2.52. The molecule has 7 heteroatoms. The molecular formula is C18H27N5O2. The van der Waals surface area contributed by atoms with E-state index in [1.54, 1.807) is 13.1 Å². The molecule has 1 saturated carbocycles. The van der Waals surface area contributed by atoms with Gasteiger partial charge in [0.25, 0.3) is 0 Å². The highest BCUT2D eigenvalue weighted by atomic mass is 16.2. The number of amides is 2. The summed E-state index contributed by atoms with van der Waals surface area (Å²) in [5.41, 5.74) is 7.27. The van der Waals surface area contributed by atoms with E-state index in [2.05, 4.69) is 26.5 Å². The first-order valence-corrected chi connectivity index (χ1v) is 9.14. The van der Waals surface area contributed by atoms with E-state index in [4.69, 9.17) is 0 Å². The van der Waals surface area contributed by atoms with Gasteiger partial charge in [0.15, 0.2) is 0 Å². The number of carbonyl (C=O) groups excluding carboxylic acids is 2. The smallest absolute Gasteiger partial charge is 0.242 e. The summed E-state index contributed by atoms with van der Waals surface area (Å²) in [5.74, 6) is 0.0397. The fourth-order valence-corrected chi connectivity index (χ4v) is 3.68. The maximum atomic E-state index is 12.5. The first-order valence-electron chi connectivity index (χ1n) is 9.14. The van der Waals surface area contributed by atoms with E-state index >= 15 is 0 Å². The Morgan fingerprint density at radius 2 is 2.12 bits per heavy atom. The molecule has 0 radical (unpaired) electrons. The van der Waals surface area contributed by atoms with E-state index in [-0.39, 0.29) is 17.9 Å². The van der Waals surface area contributed by atoms with Crippen LogP contribution in [0.1, 0.15) is 38.3 Å². The number of rotatable bonds is 6. The van der Waals surface area contributed by atoms with Crippen molar-refractivity contribution < 1.29 is 9.59 Å². The summed E-state index contributed by atoms with van der Waals surface area (Å²) in [6, 6.07) is 5.27. The molecule has 4 N–H and O–H groups in total. The zero-order valence-corrected chi connectivity index (χ0v) is 14.6. The molecule has 1 aromatic heterocycles. The molecule has 2 amide bonds. The van der Waals surface area contributed by atoms with Crippen molar-refractivity contribution in [2.45, 2.75) is 57.2 Å². The average Bonchev–Trinajstić information content (AvgIpc) is 3.06. The van der Waals surface area contributed by atoms with Crippen molar-refractivity contribution in [3.63, 3.8) is 0 Å². The van der Waals surface area contributed by atoms with Gasteiger partial charge in [-0.25, -0.2) is 5.43 Å². The number of nitrogens with one attached hydrogen (secondary N) is 4. The minimum Gasteiger partial charge on any atom is -0.354 e. The second-order valence-corrected chi connectivity index (χ2v) is 6.91. The van der Waals surface area contributed by atoms with Crippen LogP contribution >= 0.6 is 0 Å². The highest BCUT2D eigenvalue weighted by Gasteiger charge is 2.41. The molecule has 1 aliphatic heterocycles. The van der Waals surface area contributed by atoms with Gasteiger partial charge in [-0.05, 0) is 31.9 Å². The van der Waals surface area contributed by atoms with Gasteiger partial charge >= 0.3 is 0 Å². The van der Waals surface area contributed by atoms with Crippen molar-refractivity contribution in [1.29, 1.82) is 0 Å². The summed E-state index contributed by atoms with van der Waals surface area (Å²) in [5, 5.41) is 5.69. The number of nitrogens with zero attached hydrogens (tertiary/aromatic N) is 1. The minimum absolute atomic E-state index is 0.103. The zero-order chi connectivity index (χ0) is 17.6. The van der Waals surface area contributed by atoms with E-state index in [9.17, 15) is 9.59 Å². The Morgan fingerprint density at radius 1 is 1.28 bits per heavy atom. The molecule has 2 aliphatic rings. The topological polar surface area (TPSA) is 95.2 Å². The van der Waals surface area contributed by atoms with Crippen molar-refractivity contribution in [1.82, 2.24) is 26.5 Å². The monoisotopic (exact) mass is 345 g/mol. The van der Waals surface area contributed by atoms with E-state index in [0.29, 0.717) is 24.9 Å². The van der Waals surface area contributed by atoms with Crippen molar-refractivity contribution in [3.8, 4) is 0 Å². The number of fused-ring (bicyclic) bond motifs is 1. The van der Waals surface area contributed by atoms with Crippen LogP contribution in [0.4, 0.5) is 0 Å². The molecule has 4 unspecified atom stereocenters. The Morgan fingerprint density at radius 3 is 2.92 bits per heavy atom. The first-order chi connectivity index (χ1) is 12.1. The maximum absolute atomic E-state index is 12.5. The van der Waals surface area contributed by atoms with E-state index in [1.807, 2.05) is 18.2 Å². The van der Waals surface area contributed by atoms with Crippen LogP contribution in [0.15, 0.2) is 24.4 Å². The zero-order valence-electron chi connectivity index (χ0n) is 14.6. The quantitative estimate of drug-likeness (QED) is 0.594. The summed E-state index contributed by atoms with van der Waals surface area (Å²) < 4.78 is 0. The highest BCUT2D eigenvalue weighted by molar-refractivity contribution is 5.89. The SMILES string of the molecule is CC(NC(=O)C1NNC2CCCCC21)C(=O)NCCc1ccccn1. The van der Waals surface area contributed by atoms with Crippen LogP contribution in [0, 0.1) is 5.92 Å². The summed E-state index contributed by atoms with van der Waals surface area (Å²) >= 11 is 0. The van der Waals surface area contributed by atoms with Crippen LogP contribution in [-0.2, 0) is 16.0 Å².